The minimum Gasteiger partial charge on any atom is -0.258 e. The average Bonchev–Trinajstić information content (AvgIpc) is 2.39. The van der Waals surface area contributed by atoms with Crippen molar-refractivity contribution in [1.29, 1.82) is 0 Å². The molecule has 0 saturated heterocycles. The van der Waals surface area contributed by atoms with E-state index in [0.717, 1.165) is 6.07 Å². The van der Waals surface area contributed by atoms with Gasteiger partial charge in [-0.15, -0.1) is 0 Å². The summed E-state index contributed by atoms with van der Waals surface area (Å²) in [6, 6.07) is 9.11. The molecule has 0 N–H and O–H groups in total. The standard InChI is InChI=1S/C12H10N3O4/c16-14(17)11-5-4-10(12(8-11)15(18)19)9-13-6-2-1-3-7-13/h1-8H,9H2/q+1. The minimum absolute atomic E-state index is 0.245. The van der Waals surface area contributed by atoms with E-state index in [1.165, 1.54) is 12.1 Å². The van der Waals surface area contributed by atoms with E-state index in [2.05, 4.69) is 0 Å². The summed E-state index contributed by atoms with van der Waals surface area (Å²) in [6.45, 7) is 0.287. The summed E-state index contributed by atoms with van der Waals surface area (Å²) in [5, 5.41) is 21.6. The van der Waals surface area contributed by atoms with Crippen LogP contribution in [-0.4, -0.2) is 9.85 Å². The first-order valence-electron chi connectivity index (χ1n) is 5.44. The zero-order chi connectivity index (χ0) is 13.8. The van der Waals surface area contributed by atoms with E-state index in [0.29, 0.717) is 5.56 Å². The Kier molecular flexibility index (Phi) is 3.46. The molecule has 2 aromatic rings. The summed E-state index contributed by atoms with van der Waals surface area (Å²) < 4.78 is 1.76. The number of nitro groups is 2. The van der Waals surface area contributed by atoms with Crippen LogP contribution in [0.25, 0.3) is 0 Å². The Balaban J connectivity index is 2.40. The number of aromatic nitrogens is 1. The van der Waals surface area contributed by atoms with Gasteiger partial charge in [0.15, 0.2) is 18.9 Å². The summed E-state index contributed by atoms with van der Waals surface area (Å²) in [5.74, 6) is 0. The van der Waals surface area contributed by atoms with Crippen LogP contribution < -0.4 is 4.57 Å². The Morgan fingerprint density at radius 1 is 1.00 bits per heavy atom. The van der Waals surface area contributed by atoms with Crippen molar-refractivity contribution in [1.82, 2.24) is 0 Å². The molecule has 0 radical (unpaired) electrons. The predicted octanol–water partition coefficient (Wildman–Crippen LogP) is 1.84. The summed E-state index contributed by atoms with van der Waals surface area (Å²) >= 11 is 0. The lowest BCUT2D eigenvalue weighted by molar-refractivity contribution is -0.688. The number of nitrogens with zero attached hydrogens (tertiary/aromatic N) is 3. The van der Waals surface area contributed by atoms with E-state index >= 15 is 0 Å². The highest BCUT2D eigenvalue weighted by atomic mass is 16.6. The normalized spacial score (nSPS) is 10.1. The maximum absolute atomic E-state index is 11.0. The van der Waals surface area contributed by atoms with Gasteiger partial charge in [-0.05, 0) is 6.07 Å². The van der Waals surface area contributed by atoms with Gasteiger partial charge in [0.1, 0.15) is 0 Å². The summed E-state index contributed by atoms with van der Waals surface area (Å²) in [6.07, 6.45) is 3.54. The fourth-order valence-corrected chi connectivity index (χ4v) is 1.71. The van der Waals surface area contributed by atoms with Crippen molar-refractivity contribution >= 4 is 11.4 Å². The smallest absolute Gasteiger partial charge is 0.258 e. The van der Waals surface area contributed by atoms with Gasteiger partial charge in [-0.25, -0.2) is 4.57 Å². The van der Waals surface area contributed by atoms with Gasteiger partial charge in [0.2, 0.25) is 0 Å². The van der Waals surface area contributed by atoms with Crippen LogP contribution in [0.4, 0.5) is 11.4 Å². The number of nitro benzene ring substituents is 2. The molecule has 2 rings (SSSR count). The zero-order valence-electron chi connectivity index (χ0n) is 9.80. The van der Waals surface area contributed by atoms with Crippen LogP contribution >= 0.6 is 0 Å². The van der Waals surface area contributed by atoms with Crippen molar-refractivity contribution in [3.05, 3.63) is 74.6 Å². The second-order valence-corrected chi connectivity index (χ2v) is 3.88. The molecule has 0 unspecified atom stereocenters. The first-order chi connectivity index (χ1) is 9.08. The molecule has 7 nitrogen and oxygen atoms in total. The molecule has 7 heteroatoms. The van der Waals surface area contributed by atoms with Crippen molar-refractivity contribution < 1.29 is 14.4 Å². The minimum atomic E-state index is -0.646. The van der Waals surface area contributed by atoms with Crippen molar-refractivity contribution in [2.24, 2.45) is 0 Å². The Bertz CT molecular complexity index is 628. The van der Waals surface area contributed by atoms with Crippen LogP contribution in [0, 0.1) is 20.2 Å². The molecule has 1 aromatic carbocycles. The third kappa shape index (κ3) is 2.89. The third-order valence-electron chi connectivity index (χ3n) is 2.61. The topological polar surface area (TPSA) is 90.2 Å². The van der Waals surface area contributed by atoms with E-state index in [1.807, 2.05) is 6.07 Å². The van der Waals surface area contributed by atoms with Crippen molar-refractivity contribution in [3.8, 4) is 0 Å². The molecule has 0 saturated carbocycles. The largest absolute Gasteiger partial charge is 0.285 e. The van der Waals surface area contributed by atoms with E-state index < -0.39 is 9.85 Å². The van der Waals surface area contributed by atoms with Gasteiger partial charge >= 0.3 is 0 Å². The molecule has 19 heavy (non-hydrogen) atoms. The fourth-order valence-electron chi connectivity index (χ4n) is 1.71. The Morgan fingerprint density at radius 3 is 2.26 bits per heavy atom. The predicted molar refractivity (Wildman–Crippen MR) is 65.5 cm³/mol. The molecule has 1 aromatic heterocycles. The third-order valence-corrected chi connectivity index (χ3v) is 2.61. The highest BCUT2D eigenvalue weighted by Gasteiger charge is 2.21. The van der Waals surface area contributed by atoms with Crippen LogP contribution in [0.1, 0.15) is 5.56 Å². The maximum Gasteiger partial charge on any atom is 0.285 e. The number of pyridine rings is 1. The summed E-state index contributed by atoms with van der Waals surface area (Å²) in [7, 11) is 0. The van der Waals surface area contributed by atoms with Crippen LogP contribution in [0.15, 0.2) is 48.8 Å². The number of benzene rings is 1. The Hall–Kier alpha value is -2.83. The quantitative estimate of drug-likeness (QED) is 0.476. The van der Waals surface area contributed by atoms with Crippen LogP contribution in [0.3, 0.4) is 0 Å². The number of hydrogen-bond acceptors (Lipinski definition) is 4. The lowest BCUT2D eigenvalue weighted by Crippen LogP contribution is -2.33. The van der Waals surface area contributed by atoms with Gasteiger partial charge in [0.05, 0.1) is 21.5 Å². The van der Waals surface area contributed by atoms with Crippen molar-refractivity contribution in [2.75, 3.05) is 0 Å². The molecule has 0 spiro atoms. The molecule has 0 aliphatic carbocycles. The molecular weight excluding hydrogens is 250 g/mol. The van der Waals surface area contributed by atoms with Crippen LogP contribution in [0.2, 0.25) is 0 Å². The molecular formula is C12H10N3O4+. The van der Waals surface area contributed by atoms with Crippen molar-refractivity contribution in [3.63, 3.8) is 0 Å². The Morgan fingerprint density at radius 2 is 1.68 bits per heavy atom. The van der Waals surface area contributed by atoms with E-state index in [1.54, 1.807) is 29.1 Å². The number of non-ortho nitro benzene ring substituents is 1. The molecule has 96 valence electrons. The molecule has 0 aliphatic rings. The number of hydrogen-bond donors (Lipinski definition) is 0. The second-order valence-electron chi connectivity index (χ2n) is 3.88. The highest BCUT2D eigenvalue weighted by Crippen LogP contribution is 2.24. The van der Waals surface area contributed by atoms with Gasteiger partial charge < -0.3 is 0 Å². The first-order valence-corrected chi connectivity index (χ1v) is 5.44. The molecule has 0 aliphatic heterocycles. The van der Waals surface area contributed by atoms with Gasteiger partial charge in [-0.3, -0.25) is 20.2 Å². The monoisotopic (exact) mass is 260 g/mol. The van der Waals surface area contributed by atoms with Gasteiger partial charge in [0, 0.05) is 18.2 Å². The maximum atomic E-state index is 11.0. The van der Waals surface area contributed by atoms with Gasteiger partial charge in [-0.2, -0.15) is 0 Å². The van der Waals surface area contributed by atoms with Crippen LogP contribution in [-0.2, 0) is 6.54 Å². The van der Waals surface area contributed by atoms with Crippen molar-refractivity contribution in [2.45, 2.75) is 6.54 Å². The lowest BCUT2D eigenvalue weighted by Gasteiger charge is -2.00. The van der Waals surface area contributed by atoms with E-state index in [9.17, 15) is 20.2 Å². The summed E-state index contributed by atoms with van der Waals surface area (Å²) in [4.78, 5) is 20.3. The molecule has 1 heterocycles. The fraction of sp³-hybridized carbons (Fsp3) is 0.0833. The van der Waals surface area contributed by atoms with Gasteiger partial charge in [0.25, 0.3) is 11.4 Å². The highest BCUT2D eigenvalue weighted by molar-refractivity contribution is 5.48. The first kappa shape index (κ1) is 12.6. The molecule has 0 amide bonds. The lowest BCUT2D eigenvalue weighted by atomic mass is 10.1. The average molecular weight is 260 g/mol. The zero-order valence-corrected chi connectivity index (χ0v) is 9.80. The van der Waals surface area contributed by atoms with Gasteiger partial charge in [-0.1, -0.05) is 6.07 Å². The molecule has 0 fully saturated rings. The Labute approximate surface area is 108 Å². The number of rotatable bonds is 4. The molecule has 0 atom stereocenters. The molecule has 0 bridgehead atoms. The summed E-state index contributed by atoms with van der Waals surface area (Å²) in [5.41, 5.74) is -0.106. The van der Waals surface area contributed by atoms with Crippen LogP contribution in [0.5, 0.6) is 0 Å². The van der Waals surface area contributed by atoms with E-state index in [4.69, 9.17) is 0 Å². The van der Waals surface area contributed by atoms with E-state index in [-0.39, 0.29) is 17.9 Å². The second kappa shape index (κ2) is 5.21. The SMILES string of the molecule is O=[N+]([O-])c1ccc(C[n+]2ccccc2)c([N+](=O)[O-])c1.